The van der Waals surface area contributed by atoms with Gasteiger partial charge < -0.3 is 15.4 Å². The second-order valence-corrected chi connectivity index (χ2v) is 7.07. The van der Waals surface area contributed by atoms with E-state index in [4.69, 9.17) is 4.74 Å². The van der Waals surface area contributed by atoms with E-state index < -0.39 is 0 Å². The molecule has 0 unspecified atom stereocenters. The van der Waals surface area contributed by atoms with Gasteiger partial charge in [-0.1, -0.05) is 42.8 Å². The molecule has 5 nitrogen and oxygen atoms in total. The van der Waals surface area contributed by atoms with Crippen LogP contribution in [0.15, 0.2) is 46.9 Å². The third kappa shape index (κ3) is 5.88. The van der Waals surface area contributed by atoms with E-state index in [9.17, 15) is 9.59 Å². The Balaban J connectivity index is 1.97. The van der Waals surface area contributed by atoms with Crippen LogP contribution in [0.2, 0.25) is 0 Å². The number of hydrogen-bond donors (Lipinski definition) is 2. The maximum Gasteiger partial charge on any atom is 0.262 e. The maximum atomic E-state index is 12.2. The van der Waals surface area contributed by atoms with Gasteiger partial charge in [0, 0.05) is 22.3 Å². The average molecular weight is 419 g/mol. The lowest BCUT2D eigenvalue weighted by Gasteiger charge is -2.14. The summed E-state index contributed by atoms with van der Waals surface area (Å²) in [5.41, 5.74) is 2.29. The Labute approximate surface area is 162 Å². The first-order chi connectivity index (χ1) is 12.4. The highest BCUT2D eigenvalue weighted by Gasteiger charge is 2.11. The summed E-state index contributed by atoms with van der Waals surface area (Å²) < 4.78 is 6.67. The van der Waals surface area contributed by atoms with Gasteiger partial charge in [0.2, 0.25) is 5.91 Å². The average Bonchev–Trinajstić information content (AvgIpc) is 2.60. The van der Waals surface area contributed by atoms with Crippen molar-refractivity contribution in [2.75, 3.05) is 17.2 Å². The summed E-state index contributed by atoms with van der Waals surface area (Å²) in [6.07, 6.45) is 0.399. The van der Waals surface area contributed by atoms with Crippen molar-refractivity contribution >= 4 is 39.1 Å². The van der Waals surface area contributed by atoms with Gasteiger partial charge in [0.1, 0.15) is 5.75 Å². The third-order valence-electron chi connectivity index (χ3n) is 3.70. The molecule has 2 amide bonds. The fourth-order valence-corrected chi connectivity index (χ4v) is 2.75. The number of amides is 2. The monoisotopic (exact) mass is 418 g/mol. The van der Waals surface area contributed by atoms with E-state index in [0.717, 1.165) is 10.0 Å². The van der Waals surface area contributed by atoms with Gasteiger partial charge in [-0.25, -0.2) is 0 Å². The Morgan fingerprint density at radius 2 is 1.69 bits per heavy atom. The van der Waals surface area contributed by atoms with Crippen LogP contribution in [0.1, 0.15) is 38.7 Å². The molecule has 26 heavy (non-hydrogen) atoms. The molecule has 0 bridgehead atoms. The predicted molar refractivity (Wildman–Crippen MR) is 108 cm³/mol. The van der Waals surface area contributed by atoms with E-state index in [1.54, 1.807) is 31.2 Å². The van der Waals surface area contributed by atoms with Crippen molar-refractivity contribution in [1.82, 2.24) is 0 Å². The normalized spacial score (nSPS) is 10.5. The second-order valence-electron chi connectivity index (χ2n) is 6.16. The quantitative estimate of drug-likeness (QED) is 0.668. The van der Waals surface area contributed by atoms with Crippen molar-refractivity contribution < 1.29 is 14.3 Å². The SMILES string of the molecule is CCC(=O)Nc1cccc(NC(=O)COc2ccc(Br)cc2C(C)C)c1. The van der Waals surface area contributed by atoms with Crippen LogP contribution in [0.4, 0.5) is 11.4 Å². The summed E-state index contributed by atoms with van der Waals surface area (Å²) in [7, 11) is 0. The van der Waals surface area contributed by atoms with Crippen LogP contribution in [0.5, 0.6) is 5.75 Å². The highest BCUT2D eigenvalue weighted by Crippen LogP contribution is 2.29. The fourth-order valence-electron chi connectivity index (χ4n) is 2.37. The van der Waals surface area contributed by atoms with Gasteiger partial charge in [-0.15, -0.1) is 0 Å². The van der Waals surface area contributed by atoms with E-state index in [1.165, 1.54) is 0 Å². The van der Waals surface area contributed by atoms with Gasteiger partial charge in [-0.3, -0.25) is 9.59 Å². The highest BCUT2D eigenvalue weighted by molar-refractivity contribution is 9.10. The largest absolute Gasteiger partial charge is 0.483 e. The summed E-state index contributed by atoms with van der Waals surface area (Å²) in [5.74, 6) is 0.640. The number of nitrogens with one attached hydrogen (secondary N) is 2. The van der Waals surface area contributed by atoms with Crippen LogP contribution in [-0.2, 0) is 9.59 Å². The predicted octanol–water partition coefficient (Wildman–Crippen LogP) is 4.94. The van der Waals surface area contributed by atoms with Gasteiger partial charge in [-0.05, 0) is 47.9 Å². The molecule has 0 saturated carbocycles. The molecule has 6 heteroatoms. The van der Waals surface area contributed by atoms with E-state index in [-0.39, 0.29) is 24.3 Å². The van der Waals surface area contributed by atoms with Crippen molar-refractivity contribution in [3.63, 3.8) is 0 Å². The number of rotatable bonds is 7. The Hall–Kier alpha value is -2.34. The summed E-state index contributed by atoms with van der Waals surface area (Å²) in [6.45, 7) is 5.84. The molecule has 2 N–H and O–H groups in total. The maximum absolute atomic E-state index is 12.2. The van der Waals surface area contributed by atoms with Crippen molar-refractivity contribution in [2.24, 2.45) is 0 Å². The first kappa shape index (κ1) is 20.0. The molecule has 0 fully saturated rings. The summed E-state index contributed by atoms with van der Waals surface area (Å²) in [5, 5.41) is 5.54. The van der Waals surface area contributed by atoms with Gasteiger partial charge in [0.15, 0.2) is 6.61 Å². The molecule has 2 aromatic carbocycles. The number of ether oxygens (including phenoxy) is 1. The zero-order valence-corrected chi connectivity index (χ0v) is 16.7. The minimum absolute atomic E-state index is 0.0757. The zero-order chi connectivity index (χ0) is 19.1. The lowest BCUT2D eigenvalue weighted by Crippen LogP contribution is -2.20. The summed E-state index contributed by atoms with van der Waals surface area (Å²) >= 11 is 3.45. The smallest absolute Gasteiger partial charge is 0.262 e. The summed E-state index contributed by atoms with van der Waals surface area (Å²) in [4.78, 5) is 23.7. The van der Waals surface area contributed by atoms with Crippen molar-refractivity contribution in [3.05, 3.63) is 52.5 Å². The van der Waals surface area contributed by atoms with Crippen LogP contribution < -0.4 is 15.4 Å². The lowest BCUT2D eigenvalue weighted by atomic mass is 10.0. The van der Waals surface area contributed by atoms with Crippen LogP contribution in [-0.4, -0.2) is 18.4 Å². The molecule has 0 saturated heterocycles. The van der Waals surface area contributed by atoms with E-state index >= 15 is 0 Å². The molecule has 0 aromatic heterocycles. The molecule has 0 spiro atoms. The van der Waals surface area contributed by atoms with Crippen LogP contribution in [0.3, 0.4) is 0 Å². The van der Waals surface area contributed by atoms with Gasteiger partial charge in [0.25, 0.3) is 5.91 Å². The number of anilines is 2. The molecular weight excluding hydrogens is 396 g/mol. The Morgan fingerprint density at radius 3 is 2.31 bits per heavy atom. The van der Waals surface area contributed by atoms with Crippen molar-refractivity contribution in [1.29, 1.82) is 0 Å². The van der Waals surface area contributed by atoms with Crippen LogP contribution >= 0.6 is 15.9 Å². The van der Waals surface area contributed by atoms with E-state index in [2.05, 4.69) is 40.4 Å². The second kappa shape index (κ2) is 9.38. The standard InChI is InChI=1S/C20H23BrN2O3/c1-4-19(24)22-15-6-5-7-16(11-15)23-20(25)12-26-18-9-8-14(21)10-17(18)13(2)3/h5-11,13H,4,12H2,1-3H3,(H,22,24)(H,23,25). The molecule has 2 rings (SSSR count). The molecule has 0 aliphatic heterocycles. The molecular formula is C20H23BrN2O3. The third-order valence-corrected chi connectivity index (χ3v) is 4.20. The first-order valence-electron chi connectivity index (χ1n) is 8.51. The molecule has 0 heterocycles. The number of carbonyl (C=O) groups is 2. The molecule has 138 valence electrons. The molecule has 0 radical (unpaired) electrons. The number of carbonyl (C=O) groups excluding carboxylic acids is 2. The first-order valence-corrected chi connectivity index (χ1v) is 9.30. The van der Waals surface area contributed by atoms with E-state index in [1.807, 2.05) is 18.2 Å². The number of hydrogen-bond acceptors (Lipinski definition) is 3. The minimum Gasteiger partial charge on any atom is -0.483 e. The number of halogens is 1. The van der Waals surface area contributed by atoms with Crippen LogP contribution in [0, 0.1) is 0 Å². The molecule has 2 aromatic rings. The minimum atomic E-state index is -0.262. The van der Waals surface area contributed by atoms with Crippen molar-refractivity contribution in [2.45, 2.75) is 33.1 Å². The lowest BCUT2D eigenvalue weighted by molar-refractivity contribution is -0.118. The van der Waals surface area contributed by atoms with E-state index in [0.29, 0.717) is 23.5 Å². The number of benzene rings is 2. The fraction of sp³-hybridized carbons (Fsp3) is 0.300. The highest BCUT2D eigenvalue weighted by atomic mass is 79.9. The Bertz CT molecular complexity index is 790. The zero-order valence-electron chi connectivity index (χ0n) is 15.1. The van der Waals surface area contributed by atoms with Gasteiger partial charge >= 0.3 is 0 Å². The molecule has 0 atom stereocenters. The Morgan fingerprint density at radius 1 is 1.04 bits per heavy atom. The summed E-state index contributed by atoms with van der Waals surface area (Å²) in [6, 6.07) is 12.8. The van der Waals surface area contributed by atoms with Crippen LogP contribution in [0.25, 0.3) is 0 Å². The molecule has 0 aliphatic carbocycles. The van der Waals surface area contributed by atoms with Gasteiger partial charge in [0.05, 0.1) is 0 Å². The van der Waals surface area contributed by atoms with Gasteiger partial charge in [-0.2, -0.15) is 0 Å². The molecule has 0 aliphatic rings. The topological polar surface area (TPSA) is 67.4 Å². The van der Waals surface area contributed by atoms with Crippen molar-refractivity contribution in [3.8, 4) is 5.75 Å². The Kier molecular flexibility index (Phi) is 7.21.